The molecule has 2 aromatic rings. The second-order valence-corrected chi connectivity index (χ2v) is 9.06. The summed E-state index contributed by atoms with van der Waals surface area (Å²) in [6, 6.07) is 5.61. The van der Waals surface area contributed by atoms with E-state index in [-0.39, 0.29) is 11.7 Å². The summed E-state index contributed by atoms with van der Waals surface area (Å²) in [5, 5.41) is 17.0. The summed E-state index contributed by atoms with van der Waals surface area (Å²) < 4.78 is 0.656. The van der Waals surface area contributed by atoms with Crippen molar-refractivity contribution in [3.8, 4) is 0 Å². The molecule has 0 fully saturated rings. The van der Waals surface area contributed by atoms with Crippen molar-refractivity contribution in [2.75, 3.05) is 11.1 Å². The quantitative estimate of drug-likeness (QED) is 0.672. The standard InChI is InChI=1S/C17H23N5O2S2/c1-10-6-7-12(11(2)8-10)18-15-21-22-16(26-15)25-9-13(23)19-14(24)20-17(3,4)5/h6-8H,9H2,1-5H3,(H,18,21)(H2,19,20,23,24). The molecule has 1 heterocycles. The van der Waals surface area contributed by atoms with Gasteiger partial charge in [-0.1, -0.05) is 40.8 Å². The summed E-state index contributed by atoms with van der Waals surface area (Å²) in [5.41, 5.74) is 2.90. The molecular weight excluding hydrogens is 370 g/mol. The van der Waals surface area contributed by atoms with Gasteiger partial charge in [0.2, 0.25) is 11.0 Å². The zero-order valence-corrected chi connectivity index (χ0v) is 17.1. The van der Waals surface area contributed by atoms with E-state index in [0.29, 0.717) is 9.47 Å². The highest BCUT2D eigenvalue weighted by Crippen LogP contribution is 2.28. The minimum atomic E-state index is -0.502. The first-order chi connectivity index (χ1) is 12.1. The second-order valence-electron chi connectivity index (χ2n) is 6.86. The molecule has 0 saturated carbocycles. The predicted molar refractivity (Wildman–Crippen MR) is 106 cm³/mol. The molecule has 0 radical (unpaired) electrons. The van der Waals surface area contributed by atoms with Crippen molar-refractivity contribution >= 4 is 45.9 Å². The molecule has 0 aliphatic rings. The summed E-state index contributed by atoms with van der Waals surface area (Å²) in [6.07, 6.45) is 0. The minimum absolute atomic E-state index is 0.0930. The summed E-state index contributed by atoms with van der Waals surface area (Å²) in [6.45, 7) is 9.61. The van der Waals surface area contributed by atoms with Crippen LogP contribution >= 0.6 is 23.1 Å². The Morgan fingerprint density at radius 3 is 2.58 bits per heavy atom. The van der Waals surface area contributed by atoms with Gasteiger partial charge >= 0.3 is 6.03 Å². The number of nitrogens with zero attached hydrogens (tertiary/aromatic N) is 2. The monoisotopic (exact) mass is 393 g/mol. The van der Waals surface area contributed by atoms with Gasteiger partial charge in [-0.3, -0.25) is 10.1 Å². The molecule has 0 unspecified atom stereocenters. The molecule has 0 aliphatic heterocycles. The molecule has 26 heavy (non-hydrogen) atoms. The van der Waals surface area contributed by atoms with E-state index in [4.69, 9.17) is 0 Å². The molecular formula is C17H23N5O2S2. The van der Waals surface area contributed by atoms with Crippen LogP contribution in [-0.2, 0) is 4.79 Å². The maximum absolute atomic E-state index is 11.8. The van der Waals surface area contributed by atoms with Gasteiger partial charge in [-0.05, 0) is 46.2 Å². The van der Waals surface area contributed by atoms with Gasteiger partial charge in [-0.15, -0.1) is 10.2 Å². The first-order valence-corrected chi connectivity index (χ1v) is 9.85. The van der Waals surface area contributed by atoms with E-state index in [1.54, 1.807) is 0 Å². The van der Waals surface area contributed by atoms with Gasteiger partial charge in [0.05, 0.1) is 5.75 Å². The lowest BCUT2D eigenvalue weighted by molar-refractivity contribution is -0.117. The molecule has 0 bridgehead atoms. The molecule has 9 heteroatoms. The van der Waals surface area contributed by atoms with Gasteiger partial charge in [0.25, 0.3) is 0 Å². The molecule has 3 N–H and O–H groups in total. The number of benzene rings is 1. The first kappa shape index (κ1) is 20.2. The molecule has 7 nitrogen and oxygen atoms in total. The number of thioether (sulfide) groups is 1. The third-order valence-electron chi connectivity index (χ3n) is 3.10. The van der Waals surface area contributed by atoms with Crippen molar-refractivity contribution in [3.63, 3.8) is 0 Å². The van der Waals surface area contributed by atoms with E-state index in [9.17, 15) is 9.59 Å². The number of anilines is 2. The summed E-state index contributed by atoms with van der Waals surface area (Å²) in [5.74, 6) is -0.286. The van der Waals surface area contributed by atoms with Gasteiger partial charge in [0.15, 0.2) is 4.34 Å². The number of hydrogen-bond acceptors (Lipinski definition) is 7. The SMILES string of the molecule is Cc1ccc(Nc2nnc(SCC(=O)NC(=O)NC(C)(C)C)s2)c(C)c1. The van der Waals surface area contributed by atoms with Crippen molar-refractivity contribution < 1.29 is 9.59 Å². The molecule has 1 aromatic carbocycles. The van der Waals surface area contributed by atoms with Crippen LogP contribution in [0.3, 0.4) is 0 Å². The Balaban J connectivity index is 1.84. The van der Waals surface area contributed by atoms with Crippen LogP contribution in [0, 0.1) is 13.8 Å². The maximum atomic E-state index is 11.8. The third-order valence-corrected chi connectivity index (χ3v) is 5.07. The van der Waals surface area contributed by atoms with E-state index in [1.165, 1.54) is 28.7 Å². The molecule has 3 amide bonds. The number of rotatable bonds is 5. The van der Waals surface area contributed by atoms with E-state index >= 15 is 0 Å². The number of aromatic nitrogens is 2. The Hall–Kier alpha value is -2.13. The summed E-state index contributed by atoms with van der Waals surface area (Å²) in [4.78, 5) is 23.5. The van der Waals surface area contributed by atoms with Gasteiger partial charge in [0, 0.05) is 11.2 Å². The molecule has 0 spiro atoms. The van der Waals surface area contributed by atoms with E-state index < -0.39 is 11.6 Å². The van der Waals surface area contributed by atoms with Crippen molar-refractivity contribution in [1.82, 2.24) is 20.8 Å². The molecule has 0 saturated heterocycles. The largest absolute Gasteiger partial charge is 0.333 e. The number of aryl methyl sites for hydroxylation is 2. The number of carbonyl (C=O) groups excluding carboxylic acids is 2. The highest BCUT2D eigenvalue weighted by atomic mass is 32.2. The number of imide groups is 1. The van der Waals surface area contributed by atoms with Crippen LogP contribution in [0.1, 0.15) is 31.9 Å². The molecule has 140 valence electrons. The van der Waals surface area contributed by atoms with Crippen LogP contribution < -0.4 is 16.0 Å². The van der Waals surface area contributed by atoms with Crippen molar-refractivity contribution in [3.05, 3.63) is 29.3 Å². The lowest BCUT2D eigenvalue weighted by Gasteiger charge is -2.20. The normalized spacial score (nSPS) is 11.1. The van der Waals surface area contributed by atoms with Crippen molar-refractivity contribution in [2.24, 2.45) is 0 Å². The smallest absolute Gasteiger partial charge is 0.321 e. The van der Waals surface area contributed by atoms with E-state index in [0.717, 1.165) is 11.3 Å². The number of carbonyl (C=O) groups is 2. The van der Waals surface area contributed by atoms with Gasteiger partial charge in [-0.2, -0.15) is 0 Å². The van der Waals surface area contributed by atoms with Gasteiger partial charge in [-0.25, -0.2) is 4.79 Å². The zero-order chi connectivity index (χ0) is 19.3. The average molecular weight is 394 g/mol. The van der Waals surface area contributed by atoms with Crippen LogP contribution in [0.25, 0.3) is 0 Å². The van der Waals surface area contributed by atoms with Crippen LogP contribution in [0.4, 0.5) is 15.6 Å². The molecule has 1 aromatic heterocycles. The Labute approximate surface area is 161 Å². The summed E-state index contributed by atoms with van der Waals surface area (Å²) >= 11 is 2.60. The van der Waals surface area contributed by atoms with Crippen LogP contribution in [0.2, 0.25) is 0 Å². The topological polar surface area (TPSA) is 96.0 Å². The Kier molecular flexibility index (Phi) is 6.60. The molecule has 0 aliphatic carbocycles. The number of nitrogens with one attached hydrogen (secondary N) is 3. The first-order valence-electron chi connectivity index (χ1n) is 8.05. The predicted octanol–water partition coefficient (Wildman–Crippen LogP) is 3.61. The highest BCUT2D eigenvalue weighted by molar-refractivity contribution is 8.01. The van der Waals surface area contributed by atoms with E-state index in [1.807, 2.05) is 46.8 Å². The number of hydrogen-bond donors (Lipinski definition) is 3. The number of urea groups is 1. The Morgan fingerprint density at radius 2 is 1.92 bits per heavy atom. The second kappa shape index (κ2) is 8.50. The van der Waals surface area contributed by atoms with Crippen molar-refractivity contribution in [2.45, 2.75) is 44.5 Å². The van der Waals surface area contributed by atoms with Crippen LogP contribution in [0.15, 0.2) is 22.5 Å². The van der Waals surface area contributed by atoms with Gasteiger partial charge < -0.3 is 10.6 Å². The lowest BCUT2D eigenvalue weighted by Crippen LogP contribution is -2.48. The van der Waals surface area contributed by atoms with Crippen LogP contribution in [0.5, 0.6) is 0 Å². The average Bonchev–Trinajstić information content (AvgIpc) is 2.93. The van der Waals surface area contributed by atoms with Crippen molar-refractivity contribution in [1.29, 1.82) is 0 Å². The molecule has 0 atom stereocenters. The Bertz CT molecular complexity index is 799. The Morgan fingerprint density at radius 1 is 1.19 bits per heavy atom. The maximum Gasteiger partial charge on any atom is 0.321 e. The summed E-state index contributed by atoms with van der Waals surface area (Å²) in [7, 11) is 0. The molecule has 2 rings (SSSR count). The number of amides is 3. The minimum Gasteiger partial charge on any atom is -0.333 e. The van der Waals surface area contributed by atoms with Crippen LogP contribution in [-0.4, -0.2) is 33.4 Å². The fraction of sp³-hybridized carbons (Fsp3) is 0.412. The fourth-order valence-electron chi connectivity index (χ4n) is 2.05. The van der Waals surface area contributed by atoms with Gasteiger partial charge in [0.1, 0.15) is 0 Å². The lowest BCUT2D eigenvalue weighted by atomic mass is 10.1. The third kappa shape index (κ3) is 6.64. The zero-order valence-electron chi connectivity index (χ0n) is 15.5. The fourth-order valence-corrected chi connectivity index (χ4v) is 3.61. The van der Waals surface area contributed by atoms with E-state index in [2.05, 4.69) is 32.2 Å². The highest BCUT2D eigenvalue weighted by Gasteiger charge is 2.16.